The zero-order valence-electron chi connectivity index (χ0n) is 22.1. The molecule has 2 aromatic carbocycles. The zero-order valence-corrected chi connectivity index (χ0v) is 23.7. The Morgan fingerprint density at radius 1 is 1.05 bits per heavy atom. The molecule has 218 valence electrons. The molecule has 4 rings (SSSR count). The summed E-state index contributed by atoms with van der Waals surface area (Å²) >= 11 is -2.06. The first-order chi connectivity index (χ1) is 20.0. The number of H-pyrrole nitrogens is 1. The molecule has 0 radical (unpaired) electrons. The van der Waals surface area contributed by atoms with Crippen molar-refractivity contribution in [2.24, 2.45) is 0 Å². The van der Waals surface area contributed by atoms with E-state index in [-0.39, 0.29) is 33.6 Å². The van der Waals surface area contributed by atoms with Gasteiger partial charge in [0.05, 0.1) is 12.2 Å². The van der Waals surface area contributed by atoms with E-state index in [0.717, 1.165) is 25.1 Å². The van der Waals surface area contributed by atoms with Crippen LogP contribution in [0.5, 0.6) is 0 Å². The number of amides is 1. The predicted octanol–water partition coefficient (Wildman–Crippen LogP) is 1.41. The summed E-state index contributed by atoms with van der Waals surface area (Å²) < 4.78 is 26.4. The zero-order chi connectivity index (χ0) is 30.4. The molecule has 13 nitrogen and oxygen atoms in total. The molecular weight excluding hydrogens is 586 g/mol. The van der Waals surface area contributed by atoms with Crippen molar-refractivity contribution < 1.29 is 28.3 Å². The molecule has 0 bridgehead atoms. The summed E-state index contributed by atoms with van der Waals surface area (Å²) in [5, 5.41) is 9.31. The highest BCUT2D eigenvalue weighted by Gasteiger charge is 2.25. The van der Waals surface area contributed by atoms with Crippen molar-refractivity contribution >= 4 is 45.4 Å². The minimum Gasteiger partial charge on any atom is -0.755 e. The van der Waals surface area contributed by atoms with Gasteiger partial charge in [0, 0.05) is 40.7 Å². The molecule has 15 heteroatoms. The number of carboxylic acids is 1. The number of anilines is 1. The Morgan fingerprint density at radius 2 is 1.69 bits per heavy atom. The van der Waals surface area contributed by atoms with E-state index in [1.165, 1.54) is 13.1 Å². The van der Waals surface area contributed by atoms with Crippen LogP contribution in [0.25, 0.3) is 11.3 Å². The second kappa shape index (κ2) is 13.3. The quantitative estimate of drug-likeness (QED) is 0.177. The van der Waals surface area contributed by atoms with Crippen LogP contribution >= 0.6 is 11.3 Å². The van der Waals surface area contributed by atoms with Crippen LogP contribution in [0, 0.1) is 6.92 Å². The van der Waals surface area contributed by atoms with Gasteiger partial charge in [-0.25, -0.2) is 9.78 Å². The van der Waals surface area contributed by atoms with Gasteiger partial charge in [0.15, 0.2) is 5.13 Å². The van der Waals surface area contributed by atoms with Crippen LogP contribution in [0.15, 0.2) is 76.4 Å². The number of aliphatic carboxylic acids is 1. The molecule has 0 fully saturated rings. The van der Waals surface area contributed by atoms with E-state index in [9.17, 15) is 37.8 Å². The number of ketones is 1. The topological polar surface area (TPSA) is 186 Å². The lowest BCUT2D eigenvalue weighted by Crippen LogP contribution is -2.44. The number of hydrogen-bond donors (Lipinski definition) is 2. The number of carbonyl (C=O) groups excluding carboxylic acids is 2. The van der Waals surface area contributed by atoms with E-state index in [1.54, 1.807) is 60.7 Å². The minimum atomic E-state index is -2.91. The first kappa shape index (κ1) is 30.2. The van der Waals surface area contributed by atoms with Gasteiger partial charge in [-0.1, -0.05) is 72.0 Å². The fourth-order valence-corrected chi connectivity index (χ4v) is 5.64. The van der Waals surface area contributed by atoms with Crippen molar-refractivity contribution in [3.05, 3.63) is 104 Å². The fraction of sp³-hybridized carbons (Fsp3) is 0.185. The normalized spacial score (nSPS) is 11.6. The van der Waals surface area contributed by atoms with Crippen LogP contribution < -0.4 is 15.6 Å². The number of carboxylic acid groups (broad SMARTS) is 1. The summed E-state index contributed by atoms with van der Waals surface area (Å²) in [5.41, 5.74) is -0.0811. The SMILES string of the molecule is Cc1cn(CC(=O)N(CCN(c2nc(-c3ccccc3)c(C(=O)c3ccccc3)s2)S(=O)[O-])CC(=O)O)c(=O)[nH]c1=O. The number of aromatic nitrogens is 3. The van der Waals surface area contributed by atoms with E-state index < -0.39 is 54.0 Å². The maximum absolute atomic E-state index is 13.4. The Labute approximate surface area is 245 Å². The van der Waals surface area contributed by atoms with Crippen LogP contribution in [0.2, 0.25) is 0 Å². The molecule has 0 saturated carbocycles. The van der Waals surface area contributed by atoms with E-state index in [0.29, 0.717) is 11.1 Å². The number of rotatable bonds is 12. The molecule has 0 aliphatic carbocycles. The number of thiazole rings is 1. The third kappa shape index (κ3) is 7.12. The van der Waals surface area contributed by atoms with Crippen LogP contribution in [-0.4, -0.2) is 70.6 Å². The van der Waals surface area contributed by atoms with E-state index in [1.807, 2.05) is 0 Å². The number of aromatic amines is 1. The van der Waals surface area contributed by atoms with Crippen molar-refractivity contribution in [3.63, 3.8) is 0 Å². The molecule has 2 heterocycles. The number of carbonyl (C=O) groups is 3. The Kier molecular flexibility index (Phi) is 9.57. The number of hydrogen-bond acceptors (Lipinski definition) is 9. The van der Waals surface area contributed by atoms with Crippen LogP contribution in [-0.2, 0) is 27.4 Å². The lowest BCUT2D eigenvalue weighted by atomic mass is 10.1. The van der Waals surface area contributed by atoms with E-state index in [4.69, 9.17) is 0 Å². The summed E-state index contributed by atoms with van der Waals surface area (Å²) in [5.74, 6) is -2.52. The van der Waals surface area contributed by atoms with Crippen LogP contribution in [0.3, 0.4) is 0 Å². The molecule has 42 heavy (non-hydrogen) atoms. The highest BCUT2D eigenvalue weighted by atomic mass is 32.2. The van der Waals surface area contributed by atoms with Gasteiger partial charge in [-0.2, -0.15) is 0 Å². The maximum atomic E-state index is 13.4. The Bertz CT molecular complexity index is 1750. The summed E-state index contributed by atoms with van der Waals surface area (Å²) in [6, 6.07) is 17.2. The highest BCUT2D eigenvalue weighted by Crippen LogP contribution is 2.35. The standard InChI is InChI=1S/C27H25N5O8S2/c1-17-14-31(26(38)29-25(17)37)15-20(33)30(16-21(34)35)12-13-32(42(39)40)27-28-22(18-8-4-2-5-9-18)24(41-27)23(36)19-10-6-3-7-11-19/h2-11,14H,12-13,15-16H2,1H3,(H,34,35)(H,39,40)(H,29,37,38)/p-1. The molecule has 1 amide bonds. The van der Waals surface area contributed by atoms with E-state index in [2.05, 4.69) is 9.97 Å². The van der Waals surface area contributed by atoms with Crippen molar-refractivity contribution in [3.8, 4) is 11.3 Å². The van der Waals surface area contributed by atoms with Gasteiger partial charge in [-0.15, -0.1) is 0 Å². The molecule has 1 atom stereocenters. The van der Waals surface area contributed by atoms with Gasteiger partial charge in [0.1, 0.15) is 18.0 Å². The summed E-state index contributed by atoms with van der Waals surface area (Å²) in [4.78, 5) is 69.2. The number of nitrogens with one attached hydrogen (secondary N) is 1. The highest BCUT2D eigenvalue weighted by molar-refractivity contribution is 7.80. The van der Waals surface area contributed by atoms with E-state index >= 15 is 0 Å². The smallest absolute Gasteiger partial charge is 0.328 e. The van der Waals surface area contributed by atoms with Gasteiger partial charge in [0.25, 0.3) is 5.56 Å². The maximum Gasteiger partial charge on any atom is 0.328 e. The number of nitrogens with zero attached hydrogens (tertiary/aromatic N) is 4. The first-order valence-electron chi connectivity index (χ1n) is 12.4. The van der Waals surface area contributed by atoms with Gasteiger partial charge in [-0.3, -0.25) is 37.2 Å². The van der Waals surface area contributed by atoms with Crippen LogP contribution in [0.1, 0.15) is 20.8 Å². The fourth-order valence-electron chi connectivity index (χ4n) is 3.96. The molecule has 0 spiro atoms. The van der Waals surface area contributed by atoms with Crippen LogP contribution in [0.4, 0.5) is 5.13 Å². The van der Waals surface area contributed by atoms with Gasteiger partial charge in [-0.05, 0) is 6.92 Å². The third-order valence-corrected chi connectivity index (χ3v) is 7.95. The third-order valence-electron chi connectivity index (χ3n) is 6.05. The van der Waals surface area contributed by atoms with Crippen molar-refractivity contribution in [2.45, 2.75) is 13.5 Å². The molecule has 0 aliphatic heterocycles. The van der Waals surface area contributed by atoms with Gasteiger partial charge >= 0.3 is 11.7 Å². The average Bonchev–Trinajstić information content (AvgIpc) is 3.40. The second-order valence-corrected chi connectivity index (χ2v) is 10.8. The molecular formula is C27H24N5O8S2-. The number of aryl methyl sites for hydroxylation is 1. The number of benzene rings is 2. The lowest BCUT2D eigenvalue weighted by molar-refractivity contribution is -0.144. The molecule has 2 aromatic heterocycles. The Hall–Kier alpha value is -4.73. The molecule has 1 unspecified atom stereocenters. The second-order valence-electron chi connectivity index (χ2n) is 8.96. The van der Waals surface area contributed by atoms with Crippen molar-refractivity contribution in [2.75, 3.05) is 23.9 Å². The minimum absolute atomic E-state index is 0.0586. The monoisotopic (exact) mass is 610 g/mol. The van der Waals surface area contributed by atoms with Crippen molar-refractivity contribution in [1.29, 1.82) is 0 Å². The van der Waals surface area contributed by atoms with Crippen molar-refractivity contribution in [1.82, 2.24) is 19.4 Å². The summed E-state index contributed by atoms with van der Waals surface area (Å²) in [6.07, 6.45) is 1.17. The Balaban J connectivity index is 1.64. The largest absolute Gasteiger partial charge is 0.755 e. The molecule has 4 aromatic rings. The first-order valence-corrected chi connectivity index (χ1v) is 14.2. The molecule has 0 saturated heterocycles. The Morgan fingerprint density at radius 3 is 2.31 bits per heavy atom. The predicted molar refractivity (Wildman–Crippen MR) is 154 cm³/mol. The molecule has 0 aliphatic rings. The molecule has 2 N–H and O–H groups in total. The lowest BCUT2D eigenvalue weighted by Gasteiger charge is -2.27. The summed E-state index contributed by atoms with van der Waals surface area (Å²) in [7, 11) is 0. The van der Waals surface area contributed by atoms with Gasteiger partial charge in [0.2, 0.25) is 11.7 Å². The van der Waals surface area contributed by atoms with Gasteiger partial charge < -0.3 is 14.6 Å². The summed E-state index contributed by atoms with van der Waals surface area (Å²) in [6.45, 7) is -0.701. The average molecular weight is 611 g/mol.